The van der Waals surface area contributed by atoms with Crippen molar-refractivity contribution >= 4 is 35.5 Å². The molecule has 156 valence electrons. The third kappa shape index (κ3) is 4.28. The van der Waals surface area contributed by atoms with Gasteiger partial charge in [-0.1, -0.05) is 33.2 Å². The molecule has 0 atom stereocenters. The molecule has 2 aromatic rings. The van der Waals surface area contributed by atoms with Crippen molar-refractivity contribution in [3.63, 3.8) is 0 Å². The summed E-state index contributed by atoms with van der Waals surface area (Å²) < 4.78 is 1.93. The number of fused-ring (bicyclic) bond motifs is 1. The monoisotopic (exact) mass is 427 g/mol. The standard InChI is InChI=1S/C24H33N3S2/c1-16(2)22-18-14-24(3,4)11-10-20(18)29-23(22)17-8-9-21(27-12-6-7-13-27)25-19(17)15-26(5)28/h8-9,28H,1,6-7,10-15H2,2-5H3. The molecule has 5 heteroatoms. The van der Waals surface area contributed by atoms with Gasteiger partial charge in [0.25, 0.3) is 0 Å². The maximum atomic E-state index is 5.12. The van der Waals surface area contributed by atoms with Crippen LogP contribution in [0.4, 0.5) is 5.82 Å². The van der Waals surface area contributed by atoms with E-state index in [0.29, 0.717) is 5.41 Å². The molecule has 0 bridgehead atoms. The fourth-order valence-electron chi connectivity index (χ4n) is 4.72. The lowest BCUT2D eigenvalue weighted by Crippen LogP contribution is -2.21. The molecule has 0 aromatic carbocycles. The molecule has 0 saturated carbocycles. The van der Waals surface area contributed by atoms with Gasteiger partial charge in [-0.15, -0.1) is 11.3 Å². The predicted molar refractivity (Wildman–Crippen MR) is 130 cm³/mol. The number of thiophene rings is 1. The molecule has 1 aliphatic heterocycles. The zero-order chi connectivity index (χ0) is 20.8. The molecule has 3 heterocycles. The molecule has 0 spiro atoms. The molecular formula is C24H33N3S2. The van der Waals surface area contributed by atoms with Gasteiger partial charge in [0.05, 0.1) is 12.2 Å². The topological polar surface area (TPSA) is 19.4 Å². The second-order valence-electron chi connectivity index (χ2n) is 9.50. The van der Waals surface area contributed by atoms with E-state index >= 15 is 0 Å². The molecule has 4 rings (SSSR count). The highest BCUT2D eigenvalue weighted by atomic mass is 32.1. The Morgan fingerprint density at radius 1 is 1.31 bits per heavy atom. The number of pyridine rings is 1. The summed E-state index contributed by atoms with van der Waals surface area (Å²) in [6, 6.07) is 4.51. The van der Waals surface area contributed by atoms with Crippen LogP contribution in [0.2, 0.25) is 0 Å². The third-order valence-corrected chi connectivity index (χ3v) is 7.68. The van der Waals surface area contributed by atoms with Crippen LogP contribution in [0.5, 0.6) is 0 Å². The van der Waals surface area contributed by atoms with Crippen molar-refractivity contribution in [2.75, 3.05) is 25.0 Å². The number of hydrogen-bond acceptors (Lipinski definition) is 5. The summed E-state index contributed by atoms with van der Waals surface area (Å²) in [5.74, 6) is 1.11. The number of rotatable bonds is 5. The summed E-state index contributed by atoms with van der Waals surface area (Å²) in [5, 5.41) is 0. The second kappa shape index (κ2) is 8.09. The zero-order valence-electron chi connectivity index (χ0n) is 18.2. The number of anilines is 1. The average molecular weight is 428 g/mol. The van der Waals surface area contributed by atoms with Crippen LogP contribution in [0.15, 0.2) is 18.7 Å². The lowest BCUT2D eigenvalue weighted by Gasteiger charge is -2.30. The Labute approximate surface area is 185 Å². The molecule has 2 aliphatic rings. The van der Waals surface area contributed by atoms with E-state index in [1.54, 1.807) is 4.88 Å². The largest absolute Gasteiger partial charge is 0.357 e. The molecule has 3 nitrogen and oxygen atoms in total. The van der Waals surface area contributed by atoms with Gasteiger partial charge in [-0.2, -0.15) is 0 Å². The van der Waals surface area contributed by atoms with Crippen molar-refractivity contribution in [2.45, 2.75) is 59.4 Å². The van der Waals surface area contributed by atoms with Gasteiger partial charge in [-0.05, 0) is 80.3 Å². The van der Waals surface area contributed by atoms with E-state index < -0.39 is 0 Å². The van der Waals surface area contributed by atoms with Gasteiger partial charge in [0.15, 0.2) is 0 Å². The van der Waals surface area contributed by atoms with Crippen LogP contribution in [-0.4, -0.2) is 29.4 Å². The zero-order valence-corrected chi connectivity index (χ0v) is 19.9. The van der Waals surface area contributed by atoms with Crippen LogP contribution in [-0.2, 0) is 19.4 Å². The van der Waals surface area contributed by atoms with Crippen LogP contribution in [0.3, 0.4) is 0 Å². The summed E-state index contributed by atoms with van der Waals surface area (Å²) in [5.41, 5.74) is 6.81. The van der Waals surface area contributed by atoms with E-state index in [2.05, 4.69) is 57.2 Å². The quantitative estimate of drug-likeness (QED) is 0.571. The second-order valence-corrected chi connectivity index (χ2v) is 11.3. The van der Waals surface area contributed by atoms with Crippen molar-refractivity contribution in [1.29, 1.82) is 0 Å². The van der Waals surface area contributed by atoms with E-state index in [1.807, 2.05) is 22.7 Å². The summed E-state index contributed by atoms with van der Waals surface area (Å²) in [7, 11) is 2.00. The van der Waals surface area contributed by atoms with Gasteiger partial charge in [-0.3, -0.25) is 4.31 Å². The number of allylic oxidation sites excluding steroid dienone is 1. The maximum Gasteiger partial charge on any atom is 0.128 e. The maximum absolute atomic E-state index is 5.12. The molecule has 0 N–H and O–H groups in total. The summed E-state index contributed by atoms with van der Waals surface area (Å²) in [6.07, 6.45) is 6.10. The number of nitrogens with zero attached hydrogens (tertiary/aromatic N) is 3. The summed E-state index contributed by atoms with van der Waals surface area (Å²) >= 11 is 6.51. The minimum absolute atomic E-state index is 0.363. The van der Waals surface area contributed by atoms with Gasteiger partial charge < -0.3 is 4.90 Å². The van der Waals surface area contributed by atoms with E-state index in [1.165, 1.54) is 52.8 Å². The number of aromatic nitrogens is 1. The molecule has 0 amide bonds. The van der Waals surface area contributed by atoms with Crippen molar-refractivity contribution in [3.8, 4) is 10.4 Å². The molecule has 2 aromatic heterocycles. The first kappa shape index (κ1) is 21.0. The van der Waals surface area contributed by atoms with E-state index in [4.69, 9.17) is 4.98 Å². The van der Waals surface area contributed by atoms with E-state index in [0.717, 1.165) is 37.6 Å². The van der Waals surface area contributed by atoms with Gasteiger partial charge in [-0.25, -0.2) is 4.98 Å². The highest BCUT2D eigenvalue weighted by Gasteiger charge is 2.31. The molecule has 1 saturated heterocycles. The SMILES string of the molecule is C=C(C)c1c(-c2ccc(N3CCCC3)nc2CN(C)S)sc2c1CC(C)(C)CC2. The van der Waals surface area contributed by atoms with Crippen LogP contribution in [0.25, 0.3) is 16.0 Å². The predicted octanol–water partition coefficient (Wildman–Crippen LogP) is 6.23. The lowest BCUT2D eigenvalue weighted by atomic mass is 9.75. The van der Waals surface area contributed by atoms with Crippen LogP contribution >= 0.6 is 24.2 Å². The molecular weight excluding hydrogens is 394 g/mol. The summed E-state index contributed by atoms with van der Waals surface area (Å²) in [4.78, 5) is 10.4. The molecule has 29 heavy (non-hydrogen) atoms. The van der Waals surface area contributed by atoms with E-state index in [9.17, 15) is 0 Å². The Balaban J connectivity index is 1.83. The van der Waals surface area contributed by atoms with Crippen molar-refractivity contribution in [3.05, 3.63) is 40.4 Å². The highest BCUT2D eigenvalue weighted by Crippen LogP contribution is 2.48. The molecule has 1 aliphatic carbocycles. The van der Waals surface area contributed by atoms with E-state index in [-0.39, 0.29) is 0 Å². The van der Waals surface area contributed by atoms with Crippen molar-refractivity contribution in [2.24, 2.45) is 5.41 Å². The van der Waals surface area contributed by atoms with Gasteiger partial charge in [0.2, 0.25) is 0 Å². The average Bonchev–Trinajstić information content (AvgIpc) is 3.27. The first-order valence-corrected chi connectivity index (χ1v) is 11.9. The van der Waals surface area contributed by atoms with Gasteiger partial charge >= 0.3 is 0 Å². The Morgan fingerprint density at radius 2 is 2.03 bits per heavy atom. The minimum atomic E-state index is 0.363. The molecule has 1 fully saturated rings. The Kier molecular flexibility index (Phi) is 5.84. The third-order valence-electron chi connectivity index (χ3n) is 6.21. The van der Waals surface area contributed by atoms with Gasteiger partial charge in [0, 0.05) is 28.4 Å². The van der Waals surface area contributed by atoms with Crippen molar-refractivity contribution < 1.29 is 0 Å². The Morgan fingerprint density at radius 3 is 2.69 bits per heavy atom. The first-order valence-electron chi connectivity index (χ1n) is 10.7. The lowest BCUT2D eigenvalue weighted by molar-refractivity contribution is 0.317. The fourth-order valence-corrected chi connectivity index (χ4v) is 6.29. The highest BCUT2D eigenvalue weighted by molar-refractivity contribution is 7.77. The van der Waals surface area contributed by atoms with Crippen LogP contribution < -0.4 is 4.90 Å². The molecule has 0 radical (unpaired) electrons. The Bertz CT molecular complexity index is 920. The smallest absolute Gasteiger partial charge is 0.128 e. The van der Waals surface area contributed by atoms with Crippen molar-refractivity contribution in [1.82, 2.24) is 9.29 Å². The van der Waals surface area contributed by atoms with Crippen LogP contribution in [0, 0.1) is 5.41 Å². The minimum Gasteiger partial charge on any atom is -0.357 e. The fraction of sp³-hybridized carbons (Fsp3) is 0.542. The number of thiol groups is 1. The Hall–Kier alpha value is -1.30. The van der Waals surface area contributed by atoms with Crippen LogP contribution in [0.1, 0.15) is 61.7 Å². The number of hydrogen-bond donors (Lipinski definition) is 1. The molecule has 0 unspecified atom stereocenters. The van der Waals surface area contributed by atoms with Gasteiger partial charge in [0.1, 0.15) is 5.82 Å². The number of aryl methyl sites for hydroxylation is 1. The first-order chi connectivity index (χ1) is 13.7. The normalized spacial score (nSPS) is 18.3. The summed E-state index contributed by atoms with van der Waals surface area (Å²) in [6.45, 7) is 14.3.